The Morgan fingerprint density at radius 3 is 2.48 bits per heavy atom. The molecule has 3 fully saturated rings. The molecular weight excluding hydrogens is 346 g/mol. The Morgan fingerprint density at radius 2 is 1.76 bits per heavy atom. The van der Waals surface area contributed by atoms with Crippen LogP contribution in [0.2, 0.25) is 0 Å². The zero-order valence-electron chi connectivity index (χ0n) is 14.7. The van der Waals surface area contributed by atoms with Gasteiger partial charge in [-0.3, -0.25) is 4.79 Å². The molecule has 0 aromatic carbocycles. The fourth-order valence-corrected chi connectivity index (χ4v) is 4.16. The van der Waals surface area contributed by atoms with Crippen molar-refractivity contribution in [1.29, 1.82) is 0 Å². The highest BCUT2D eigenvalue weighted by Crippen LogP contribution is 2.44. The van der Waals surface area contributed by atoms with Crippen molar-refractivity contribution in [2.45, 2.75) is 76.5 Å². The Labute approximate surface area is 150 Å². The highest BCUT2D eigenvalue weighted by atomic mass is 32.1. The average molecular weight is 369 g/mol. The van der Waals surface area contributed by atoms with Crippen LogP contribution < -0.4 is 5.32 Å². The number of carbonyl (C=O) groups excluding carboxylic acids is 1. The predicted molar refractivity (Wildman–Crippen MR) is 88.7 cm³/mol. The lowest BCUT2D eigenvalue weighted by molar-refractivity contribution is -0.231. The Hall–Kier alpha value is -1.03. The summed E-state index contributed by atoms with van der Waals surface area (Å²) in [6.45, 7) is 7.73. The molecule has 1 amide bonds. The number of amides is 1. The van der Waals surface area contributed by atoms with Crippen molar-refractivity contribution >= 4 is 17.2 Å². The first-order valence-corrected chi connectivity index (χ1v) is 9.29. The molecule has 138 valence electrons. The molecule has 3 aliphatic rings. The van der Waals surface area contributed by atoms with Crippen molar-refractivity contribution in [1.82, 2.24) is 5.32 Å². The van der Waals surface area contributed by atoms with Gasteiger partial charge < -0.3 is 29.0 Å². The van der Waals surface area contributed by atoms with Gasteiger partial charge in [-0.15, -0.1) is 11.3 Å². The van der Waals surface area contributed by atoms with Crippen molar-refractivity contribution in [3.63, 3.8) is 0 Å². The van der Waals surface area contributed by atoms with E-state index in [2.05, 4.69) is 5.32 Å². The van der Waals surface area contributed by atoms with Crippen molar-refractivity contribution in [2.75, 3.05) is 0 Å². The van der Waals surface area contributed by atoms with E-state index in [1.165, 1.54) is 0 Å². The van der Waals surface area contributed by atoms with Crippen molar-refractivity contribution in [3.05, 3.63) is 22.4 Å². The molecule has 0 spiro atoms. The molecule has 1 N–H and O–H groups in total. The summed E-state index contributed by atoms with van der Waals surface area (Å²) in [7, 11) is 0. The number of rotatable bonds is 3. The van der Waals surface area contributed by atoms with E-state index in [9.17, 15) is 4.79 Å². The maximum atomic E-state index is 12.7. The molecule has 7 nitrogen and oxygen atoms in total. The molecule has 1 aromatic rings. The fourth-order valence-electron chi connectivity index (χ4n) is 3.51. The van der Waals surface area contributed by atoms with Gasteiger partial charge in [0.05, 0.1) is 6.54 Å². The number of thiophene rings is 1. The van der Waals surface area contributed by atoms with Crippen LogP contribution in [0.5, 0.6) is 0 Å². The zero-order chi connectivity index (χ0) is 17.8. The molecule has 0 unspecified atom stereocenters. The van der Waals surface area contributed by atoms with Crippen LogP contribution in [0.4, 0.5) is 0 Å². The number of carbonyl (C=O) groups is 1. The fraction of sp³-hybridized carbons (Fsp3) is 0.706. The van der Waals surface area contributed by atoms with E-state index in [0.29, 0.717) is 6.54 Å². The molecule has 0 aliphatic carbocycles. The minimum atomic E-state index is -0.814. The van der Waals surface area contributed by atoms with Gasteiger partial charge in [0.15, 0.2) is 24.0 Å². The number of nitrogens with one attached hydrogen (secondary N) is 1. The maximum absolute atomic E-state index is 12.7. The van der Waals surface area contributed by atoms with Crippen LogP contribution >= 0.6 is 11.3 Å². The van der Waals surface area contributed by atoms with Gasteiger partial charge >= 0.3 is 0 Å². The standard InChI is InChI=1S/C17H23NO6S/c1-16(2)21-10-11(22-16)13-15(24-17(3,4)23-13)20-12(10)14(19)18-8-9-6-5-7-25-9/h5-7,10-13,15H,8H2,1-4H3,(H,18,19)/t10-,11+,12+,13-,15+/m1/s1. The first kappa shape index (κ1) is 17.4. The summed E-state index contributed by atoms with van der Waals surface area (Å²) in [4.78, 5) is 13.8. The molecule has 0 bridgehead atoms. The lowest BCUT2D eigenvalue weighted by Crippen LogP contribution is -2.59. The summed E-state index contributed by atoms with van der Waals surface area (Å²) in [6.07, 6.45) is -2.87. The molecule has 4 heterocycles. The molecule has 0 radical (unpaired) electrons. The van der Waals surface area contributed by atoms with Crippen molar-refractivity contribution in [2.24, 2.45) is 0 Å². The van der Waals surface area contributed by atoms with Crippen LogP contribution in [0.15, 0.2) is 17.5 Å². The molecule has 3 aliphatic heterocycles. The van der Waals surface area contributed by atoms with Gasteiger partial charge in [-0.25, -0.2) is 0 Å². The van der Waals surface area contributed by atoms with Gasteiger partial charge in [0.25, 0.3) is 5.91 Å². The minimum absolute atomic E-state index is 0.239. The third-order valence-electron chi connectivity index (χ3n) is 4.43. The van der Waals surface area contributed by atoms with Crippen LogP contribution in [-0.4, -0.2) is 48.2 Å². The molecule has 8 heteroatoms. The molecule has 1 aromatic heterocycles. The predicted octanol–water partition coefficient (Wildman–Crippen LogP) is 1.76. The van der Waals surface area contributed by atoms with Crippen LogP contribution in [-0.2, 0) is 35.0 Å². The molecule has 5 atom stereocenters. The molecular formula is C17H23NO6S. The first-order valence-electron chi connectivity index (χ1n) is 8.41. The van der Waals surface area contributed by atoms with E-state index >= 15 is 0 Å². The normalized spacial score (nSPS) is 38.2. The number of ether oxygens (including phenoxy) is 5. The van der Waals surface area contributed by atoms with E-state index in [-0.39, 0.29) is 5.91 Å². The second-order valence-electron chi connectivity index (χ2n) is 7.39. The van der Waals surface area contributed by atoms with Crippen molar-refractivity contribution in [3.8, 4) is 0 Å². The first-order chi connectivity index (χ1) is 11.7. The third kappa shape index (κ3) is 3.34. The highest BCUT2D eigenvalue weighted by molar-refractivity contribution is 7.09. The quantitative estimate of drug-likeness (QED) is 0.875. The summed E-state index contributed by atoms with van der Waals surface area (Å²) in [6, 6.07) is 3.92. The summed E-state index contributed by atoms with van der Waals surface area (Å²) in [5.74, 6) is -1.84. The third-order valence-corrected chi connectivity index (χ3v) is 5.31. The van der Waals surface area contributed by atoms with Crippen LogP contribution in [0.3, 0.4) is 0 Å². The van der Waals surface area contributed by atoms with E-state index in [4.69, 9.17) is 23.7 Å². The Balaban J connectivity index is 1.52. The number of fused-ring (bicyclic) bond motifs is 3. The van der Waals surface area contributed by atoms with E-state index < -0.39 is 42.3 Å². The molecule has 3 saturated heterocycles. The average Bonchev–Trinajstić information content (AvgIpc) is 3.19. The van der Waals surface area contributed by atoms with Gasteiger partial charge in [-0.2, -0.15) is 0 Å². The lowest BCUT2D eigenvalue weighted by Gasteiger charge is -2.36. The lowest BCUT2D eigenvalue weighted by atomic mass is 9.98. The largest absolute Gasteiger partial charge is 0.349 e. The Morgan fingerprint density at radius 1 is 1.08 bits per heavy atom. The number of hydrogen-bond donors (Lipinski definition) is 1. The van der Waals surface area contributed by atoms with E-state index in [1.54, 1.807) is 11.3 Å². The Kier molecular flexibility index (Phi) is 4.18. The zero-order valence-corrected chi connectivity index (χ0v) is 15.5. The van der Waals surface area contributed by atoms with Crippen LogP contribution in [0.1, 0.15) is 32.6 Å². The second-order valence-corrected chi connectivity index (χ2v) is 8.42. The van der Waals surface area contributed by atoms with Crippen LogP contribution in [0.25, 0.3) is 0 Å². The van der Waals surface area contributed by atoms with Gasteiger partial charge in [0.2, 0.25) is 0 Å². The van der Waals surface area contributed by atoms with E-state index in [1.807, 2.05) is 45.2 Å². The van der Waals surface area contributed by atoms with Gasteiger partial charge in [-0.1, -0.05) is 6.07 Å². The van der Waals surface area contributed by atoms with Gasteiger partial charge in [0.1, 0.15) is 18.3 Å². The Bertz CT molecular complexity index is 646. The molecule has 4 rings (SSSR count). The van der Waals surface area contributed by atoms with Crippen molar-refractivity contribution < 1.29 is 28.5 Å². The second kappa shape index (κ2) is 6.00. The SMILES string of the molecule is CC1(C)O[C@H]2[C@@H](O1)[C@@H](C(=O)NCc1cccs1)O[C@H]1OC(C)(C)O[C@@H]12. The van der Waals surface area contributed by atoms with Gasteiger partial charge in [-0.05, 0) is 39.1 Å². The van der Waals surface area contributed by atoms with Crippen LogP contribution in [0, 0.1) is 0 Å². The minimum Gasteiger partial charge on any atom is -0.349 e. The smallest absolute Gasteiger partial charge is 0.252 e. The molecule has 25 heavy (non-hydrogen) atoms. The topological polar surface area (TPSA) is 75.3 Å². The highest BCUT2D eigenvalue weighted by Gasteiger charge is 2.62. The number of hydrogen-bond acceptors (Lipinski definition) is 7. The monoisotopic (exact) mass is 369 g/mol. The maximum Gasteiger partial charge on any atom is 0.252 e. The summed E-state index contributed by atoms with van der Waals surface area (Å²) < 4.78 is 29.6. The van der Waals surface area contributed by atoms with Gasteiger partial charge in [0, 0.05) is 4.88 Å². The molecule has 0 saturated carbocycles. The summed E-state index contributed by atoms with van der Waals surface area (Å²) >= 11 is 1.59. The summed E-state index contributed by atoms with van der Waals surface area (Å²) in [5.41, 5.74) is 0. The van der Waals surface area contributed by atoms with E-state index in [0.717, 1.165) is 4.88 Å². The summed E-state index contributed by atoms with van der Waals surface area (Å²) in [5, 5.41) is 4.88.